The van der Waals surface area contributed by atoms with Gasteiger partial charge in [-0.15, -0.1) is 0 Å². The van der Waals surface area contributed by atoms with Crippen LogP contribution in [-0.2, 0) is 19.5 Å². The molecule has 0 unspecified atom stereocenters. The molecule has 0 saturated carbocycles. The zero-order valence-electron chi connectivity index (χ0n) is 16.8. The van der Waals surface area contributed by atoms with Gasteiger partial charge in [-0.25, -0.2) is 0 Å². The largest absolute Gasteiger partial charge is 0.478 e. The fraction of sp³-hybridized carbons (Fsp3) is 0.478. The van der Waals surface area contributed by atoms with Crippen LogP contribution in [0, 0.1) is 0 Å². The molecule has 0 aliphatic carbocycles. The van der Waals surface area contributed by atoms with Crippen LogP contribution in [0.4, 0.5) is 0 Å². The summed E-state index contributed by atoms with van der Waals surface area (Å²) in [5.41, 5.74) is 5.22. The van der Waals surface area contributed by atoms with E-state index in [9.17, 15) is 0 Å². The van der Waals surface area contributed by atoms with Crippen molar-refractivity contribution in [2.45, 2.75) is 32.4 Å². The first-order valence-electron chi connectivity index (χ1n) is 10.4. The molecule has 0 saturated heterocycles. The van der Waals surface area contributed by atoms with Gasteiger partial charge in [0.15, 0.2) is 0 Å². The minimum Gasteiger partial charge on any atom is -0.478 e. The van der Waals surface area contributed by atoms with E-state index in [2.05, 4.69) is 71.5 Å². The van der Waals surface area contributed by atoms with Gasteiger partial charge >= 0.3 is 0 Å². The van der Waals surface area contributed by atoms with E-state index < -0.39 is 0 Å². The molecule has 4 rings (SSSR count). The highest BCUT2D eigenvalue weighted by Gasteiger charge is 2.19. The Hall–Kier alpha value is -1.34. The first kappa shape index (κ1) is 20.9. The van der Waals surface area contributed by atoms with E-state index >= 15 is 0 Å². The van der Waals surface area contributed by atoms with Crippen LogP contribution in [0.1, 0.15) is 35.1 Å². The summed E-state index contributed by atoms with van der Waals surface area (Å²) in [7, 11) is 0. The molecule has 2 aromatic rings. The maximum Gasteiger partial charge on any atom is 0.142 e. The van der Waals surface area contributed by atoms with Crippen molar-refractivity contribution in [1.29, 1.82) is 0 Å². The number of benzene rings is 2. The number of nitrogens with zero attached hydrogens (tertiary/aromatic N) is 2. The Morgan fingerprint density at radius 1 is 0.724 bits per heavy atom. The van der Waals surface area contributed by atoms with Crippen molar-refractivity contribution >= 4 is 25.3 Å². The van der Waals surface area contributed by atoms with Crippen LogP contribution < -0.4 is 9.47 Å². The van der Waals surface area contributed by atoms with E-state index in [4.69, 9.17) is 9.47 Å². The van der Waals surface area contributed by atoms with Crippen LogP contribution in [0.25, 0.3) is 0 Å². The molecule has 2 aliphatic heterocycles. The highest BCUT2D eigenvalue weighted by atomic mass is 32.1. The molecule has 0 atom stereocenters. The molecule has 0 fully saturated rings. The maximum atomic E-state index is 5.93. The lowest BCUT2D eigenvalue weighted by molar-refractivity contribution is 0.0957. The Bertz CT molecular complexity index is 763. The molecule has 0 N–H and O–H groups in total. The Morgan fingerprint density at radius 2 is 1.21 bits per heavy atom. The molecule has 4 nitrogen and oxygen atoms in total. The van der Waals surface area contributed by atoms with Crippen molar-refractivity contribution in [3.05, 3.63) is 58.7 Å². The summed E-state index contributed by atoms with van der Waals surface area (Å²) in [6.07, 6.45) is 3.10. The van der Waals surface area contributed by atoms with Crippen LogP contribution in [0.3, 0.4) is 0 Å². The number of fused-ring (bicyclic) bond motifs is 2. The van der Waals surface area contributed by atoms with E-state index in [1.54, 1.807) is 0 Å². The quantitative estimate of drug-likeness (QED) is 0.613. The maximum absolute atomic E-state index is 5.93. The average molecular weight is 431 g/mol. The number of thiol groups is 2. The van der Waals surface area contributed by atoms with Gasteiger partial charge in [-0.05, 0) is 54.0 Å². The van der Waals surface area contributed by atoms with Crippen LogP contribution >= 0.6 is 25.3 Å². The Morgan fingerprint density at radius 3 is 1.66 bits per heavy atom. The zero-order chi connectivity index (χ0) is 20.1. The molecule has 156 valence electrons. The van der Waals surface area contributed by atoms with Crippen LogP contribution in [0.5, 0.6) is 11.5 Å². The molecule has 2 aromatic carbocycles. The standard InChI is InChI=1S/C23H30N2O2S2/c28-9-1-7-24-14-20-12-18(3-5-22(20)26-16-24)11-19-4-6-23-21(13-19)15-25(17-27-23)8-2-10-29/h3-6,12-13,28-29H,1-2,7-11,14-17H2. The van der Waals surface area contributed by atoms with Crippen molar-refractivity contribution in [2.75, 3.05) is 38.1 Å². The van der Waals surface area contributed by atoms with Crippen LogP contribution in [-0.4, -0.2) is 47.9 Å². The molecule has 0 bridgehead atoms. The molecule has 6 heteroatoms. The number of ether oxygens (including phenoxy) is 2. The van der Waals surface area contributed by atoms with Crippen molar-refractivity contribution in [3.63, 3.8) is 0 Å². The van der Waals surface area contributed by atoms with Crippen molar-refractivity contribution in [3.8, 4) is 11.5 Å². The topological polar surface area (TPSA) is 24.9 Å². The minimum atomic E-state index is 0.675. The predicted molar refractivity (Wildman–Crippen MR) is 124 cm³/mol. The third kappa shape index (κ3) is 5.43. The summed E-state index contributed by atoms with van der Waals surface area (Å²) in [5.74, 6) is 3.87. The Labute approximate surface area is 185 Å². The molecule has 0 aromatic heterocycles. The summed E-state index contributed by atoms with van der Waals surface area (Å²) in [6.45, 7) is 5.32. The predicted octanol–water partition coefficient (Wildman–Crippen LogP) is 4.22. The number of hydrogen-bond acceptors (Lipinski definition) is 6. The molecule has 0 radical (unpaired) electrons. The molecule has 2 heterocycles. The third-order valence-corrected chi connectivity index (χ3v) is 6.15. The van der Waals surface area contributed by atoms with Crippen molar-refractivity contribution < 1.29 is 9.47 Å². The van der Waals surface area contributed by atoms with Crippen molar-refractivity contribution in [1.82, 2.24) is 9.80 Å². The van der Waals surface area contributed by atoms with Gasteiger partial charge in [0.2, 0.25) is 0 Å². The second kappa shape index (κ2) is 10.1. The lowest BCUT2D eigenvalue weighted by Gasteiger charge is -2.29. The minimum absolute atomic E-state index is 0.675. The Kier molecular flexibility index (Phi) is 7.29. The summed E-state index contributed by atoms with van der Waals surface area (Å²) in [6, 6.07) is 13.2. The van der Waals surface area contributed by atoms with Gasteiger partial charge in [0, 0.05) is 37.3 Å². The molecule has 0 spiro atoms. The molecular weight excluding hydrogens is 400 g/mol. The van der Waals surface area contributed by atoms with Gasteiger partial charge in [-0.2, -0.15) is 25.3 Å². The SMILES string of the molecule is SCCCN1COc2ccc(Cc3ccc4c(c3)CN(CCCS)CO4)cc2C1. The molecule has 2 aliphatic rings. The lowest BCUT2D eigenvalue weighted by atomic mass is 9.99. The number of rotatable bonds is 8. The van der Waals surface area contributed by atoms with Gasteiger partial charge < -0.3 is 9.47 Å². The molecular formula is C23H30N2O2S2. The third-order valence-electron chi connectivity index (χ3n) is 5.52. The number of hydrogen-bond donors (Lipinski definition) is 2. The lowest BCUT2D eigenvalue weighted by Crippen LogP contribution is -2.33. The second-order valence-electron chi connectivity index (χ2n) is 7.87. The first-order chi connectivity index (χ1) is 14.2. The van der Waals surface area contributed by atoms with Gasteiger partial charge in [0.1, 0.15) is 25.0 Å². The smallest absolute Gasteiger partial charge is 0.142 e. The van der Waals surface area contributed by atoms with E-state index in [0.29, 0.717) is 13.5 Å². The van der Waals surface area contributed by atoms with E-state index in [1.807, 2.05) is 0 Å². The van der Waals surface area contributed by atoms with E-state index in [-0.39, 0.29) is 0 Å². The summed E-state index contributed by atoms with van der Waals surface area (Å²) < 4.78 is 11.9. The van der Waals surface area contributed by atoms with Gasteiger partial charge in [-0.3, -0.25) is 9.80 Å². The summed E-state index contributed by atoms with van der Waals surface area (Å²) >= 11 is 8.64. The summed E-state index contributed by atoms with van der Waals surface area (Å²) in [4.78, 5) is 4.69. The molecule has 29 heavy (non-hydrogen) atoms. The Balaban J connectivity index is 1.44. The van der Waals surface area contributed by atoms with Gasteiger partial charge in [-0.1, -0.05) is 24.3 Å². The van der Waals surface area contributed by atoms with Gasteiger partial charge in [0.25, 0.3) is 0 Å². The fourth-order valence-electron chi connectivity index (χ4n) is 4.02. The van der Waals surface area contributed by atoms with Crippen LogP contribution in [0.2, 0.25) is 0 Å². The fourth-order valence-corrected chi connectivity index (χ4v) is 4.30. The first-order valence-corrected chi connectivity index (χ1v) is 11.7. The van der Waals surface area contributed by atoms with E-state index in [1.165, 1.54) is 22.3 Å². The van der Waals surface area contributed by atoms with Crippen molar-refractivity contribution in [2.24, 2.45) is 0 Å². The normalized spacial score (nSPS) is 16.6. The average Bonchev–Trinajstić information content (AvgIpc) is 2.75. The highest BCUT2D eigenvalue weighted by Crippen LogP contribution is 2.29. The van der Waals surface area contributed by atoms with Gasteiger partial charge in [0.05, 0.1) is 0 Å². The summed E-state index contributed by atoms with van der Waals surface area (Å²) in [5, 5.41) is 0. The van der Waals surface area contributed by atoms with E-state index in [0.717, 1.165) is 68.4 Å². The second-order valence-corrected chi connectivity index (χ2v) is 8.76. The zero-order valence-corrected chi connectivity index (χ0v) is 18.6. The highest BCUT2D eigenvalue weighted by molar-refractivity contribution is 7.80. The molecule has 0 amide bonds. The van der Waals surface area contributed by atoms with Crippen LogP contribution in [0.15, 0.2) is 36.4 Å². The monoisotopic (exact) mass is 430 g/mol.